The van der Waals surface area contributed by atoms with Crippen LogP contribution < -0.4 is 0 Å². The van der Waals surface area contributed by atoms with Gasteiger partial charge in [-0.1, -0.05) is 18.2 Å². The Morgan fingerprint density at radius 3 is 2.89 bits per heavy atom. The fourth-order valence-electron chi connectivity index (χ4n) is 2.11. The quantitative estimate of drug-likeness (QED) is 0.840. The third kappa shape index (κ3) is 2.43. The van der Waals surface area contributed by atoms with Gasteiger partial charge in [0.1, 0.15) is 0 Å². The third-order valence-electron chi connectivity index (χ3n) is 3.12. The number of carbonyl (C=O) groups excluding carboxylic acids is 1. The molecule has 0 N–H and O–H groups in total. The zero-order valence-corrected chi connectivity index (χ0v) is 11.1. The molecule has 0 aliphatic heterocycles. The largest absolute Gasteiger partial charge is 0.336 e. The Hall–Kier alpha value is -2.35. The first kappa shape index (κ1) is 13.1. The maximum atomic E-state index is 12.4. The first-order chi connectivity index (χ1) is 9.19. The molecule has 1 aromatic carbocycles. The SMILES string of the molecule is CCN(CCC#N)C(=O)c1nn(C)c2ccccc12. The van der Waals surface area contributed by atoms with Gasteiger partial charge in [0.2, 0.25) is 0 Å². The van der Waals surface area contributed by atoms with Gasteiger partial charge in [-0.2, -0.15) is 10.4 Å². The van der Waals surface area contributed by atoms with Gasteiger partial charge < -0.3 is 4.90 Å². The Kier molecular flexibility index (Phi) is 3.81. The molecule has 5 nitrogen and oxygen atoms in total. The van der Waals surface area contributed by atoms with Gasteiger partial charge in [-0.3, -0.25) is 9.48 Å². The number of amides is 1. The van der Waals surface area contributed by atoms with E-state index in [2.05, 4.69) is 11.2 Å². The lowest BCUT2D eigenvalue weighted by molar-refractivity contribution is 0.0763. The molecule has 2 aromatic rings. The Morgan fingerprint density at radius 1 is 1.47 bits per heavy atom. The van der Waals surface area contributed by atoms with Gasteiger partial charge in [0.25, 0.3) is 5.91 Å². The molecule has 98 valence electrons. The molecule has 2 rings (SSSR count). The average Bonchev–Trinajstić information content (AvgIpc) is 2.77. The highest BCUT2D eigenvalue weighted by Crippen LogP contribution is 2.18. The Bertz CT molecular complexity index is 638. The van der Waals surface area contributed by atoms with E-state index < -0.39 is 0 Å². The van der Waals surface area contributed by atoms with Gasteiger partial charge in [0.05, 0.1) is 18.0 Å². The number of nitriles is 1. The van der Waals surface area contributed by atoms with E-state index in [0.29, 0.717) is 25.2 Å². The Labute approximate surface area is 112 Å². The summed E-state index contributed by atoms with van der Waals surface area (Å²) in [6.45, 7) is 2.92. The van der Waals surface area contributed by atoms with Gasteiger partial charge >= 0.3 is 0 Å². The fourth-order valence-corrected chi connectivity index (χ4v) is 2.11. The summed E-state index contributed by atoms with van der Waals surface area (Å²) in [5.74, 6) is -0.116. The van der Waals surface area contributed by atoms with Gasteiger partial charge in [-0.15, -0.1) is 0 Å². The van der Waals surface area contributed by atoms with Crippen LogP contribution in [0.4, 0.5) is 0 Å². The highest BCUT2D eigenvalue weighted by atomic mass is 16.2. The first-order valence-corrected chi connectivity index (χ1v) is 6.27. The molecule has 0 saturated carbocycles. The molecule has 1 aromatic heterocycles. The molecule has 0 radical (unpaired) electrons. The topological polar surface area (TPSA) is 61.9 Å². The van der Waals surface area contributed by atoms with Crippen LogP contribution in [0.25, 0.3) is 10.9 Å². The van der Waals surface area contributed by atoms with Crippen molar-refractivity contribution >= 4 is 16.8 Å². The van der Waals surface area contributed by atoms with Crippen LogP contribution in [0.2, 0.25) is 0 Å². The minimum absolute atomic E-state index is 0.116. The highest BCUT2D eigenvalue weighted by molar-refractivity contribution is 6.04. The summed E-state index contributed by atoms with van der Waals surface area (Å²) in [5.41, 5.74) is 1.39. The van der Waals surface area contributed by atoms with Crippen molar-refractivity contribution in [3.05, 3.63) is 30.0 Å². The molecule has 1 heterocycles. The molecule has 0 atom stereocenters. The normalized spacial score (nSPS) is 10.4. The first-order valence-electron chi connectivity index (χ1n) is 6.27. The summed E-state index contributed by atoms with van der Waals surface area (Å²) in [6, 6.07) is 9.71. The van der Waals surface area contributed by atoms with Crippen molar-refractivity contribution in [2.75, 3.05) is 13.1 Å². The zero-order valence-electron chi connectivity index (χ0n) is 11.1. The van der Waals surface area contributed by atoms with E-state index in [-0.39, 0.29) is 5.91 Å². The molecular formula is C14H16N4O. The van der Waals surface area contributed by atoms with Crippen molar-refractivity contribution in [1.82, 2.24) is 14.7 Å². The zero-order chi connectivity index (χ0) is 13.8. The Morgan fingerprint density at radius 2 is 2.21 bits per heavy atom. The van der Waals surface area contributed by atoms with Crippen molar-refractivity contribution < 1.29 is 4.79 Å². The number of fused-ring (bicyclic) bond motifs is 1. The lowest BCUT2D eigenvalue weighted by Crippen LogP contribution is -2.32. The molecule has 0 spiro atoms. The maximum Gasteiger partial charge on any atom is 0.275 e. The molecule has 0 bridgehead atoms. The number of para-hydroxylation sites is 1. The molecule has 0 aliphatic rings. The minimum atomic E-state index is -0.116. The molecule has 0 fully saturated rings. The van der Waals surface area contributed by atoms with Crippen molar-refractivity contribution in [2.45, 2.75) is 13.3 Å². The molecule has 5 heteroatoms. The van der Waals surface area contributed by atoms with E-state index >= 15 is 0 Å². The van der Waals surface area contributed by atoms with Gasteiger partial charge in [-0.05, 0) is 13.0 Å². The van der Waals surface area contributed by atoms with Crippen molar-refractivity contribution in [3.63, 3.8) is 0 Å². The molecule has 0 aliphatic carbocycles. The lowest BCUT2D eigenvalue weighted by atomic mass is 10.2. The van der Waals surface area contributed by atoms with E-state index in [1.54, 1.807) is 9.58 Å². The summed E-state index contributed by atoms with van der Waals surface area (Å²) < 4.78 is 1.71. The predicted octanol–water partition coefficient (Wildman–Crippen LogP) is 1.95. The van der Waals surface area contributed by atoms with Gasteiger partial charge in [0, 0.05) is 25.5 Å². The van der Waals surface area contributed by atoms with Crippen LogP contribution in [0.5, 0.6) is 0 Å². The summed E-state index contributed by atoms with van der Waals surface area (Å²) in [7, 11) is 1.82. The predicted molar refractivity (Wildman–Crippen MR) is 72.5 cm³/mol. The van der Waals surface area contributed by atoms with Gasteiger partial charge in [-0.25, -0.2) is 0 Å². The summed E-state index contributed by atoms with van der Waals surface area (Å²) in [5, 5.41) is 13.8. The van der Waals surface area contributed by atoms with E-state index in [4.69, 9.17) is 5.26 Å². The second kappa shape index (κ2) is 5.53. The van der Waals surface area contributed by atoms with E-state index in [0.717, 1.165) is 10.9 Å². The third-order valence-corrected chi connectivity index (χ3v) is 3.12. The van der Waals surface area contributed by atoms with Crippen LogP contribution in [-0.4, -0.2) is 33.7 Å². The standard InChI is InChI=1S/C14H16N4O/c1-3-18(10-6-9-15)14(19)13-11-7-4-5-8-12(11)17(2)16-13/h4-5,7-8H,3,6,10H2,1-2H3. The smallest absolute Gasteiger partial charge is 0.275 e. The number of hydrogen-bond donors (Lipinski definition) is 0. The molecular weight excluding hydrogens is 240 g/mol. The second-order valence-electron chi connectivity index (χ2n) is 4.28. The van der Waals surface area contributed by atoms with Crippen LogP contribution in [-0.2, 0) is 7.05 Å². The van der Waals surface area contributed by atoms with E-state index in [1.165, 1.54) is 0 Å². The Balaban J connectivity index is 2.38. The van der Waals surface area contributed by atoms with E-state index in [9.17, 15) is 4.79 Å². The van der Waals surface area contributed by atoms with Crippen molar-refractivity contribution in [3.8, 4) is 6.07 Å². The molecule has 0 unspecified atom stereocenters. The number of aryl methyl sites for hydroxylation is 1. The number of hydrogen-bond acceptors (Lipinski definition) is 3. The van der Waals surface area contributed by atoms with Crippen LogP contribution in [0.3, 0.4) is 0 Å². The summed E-state index contributed by atoms with van der Waals surface area (Å²) in [6.07, 6.45) is 0.338. The average molecular weight is 256 g/mol. The lowest BCUT2D eigenvalue weighted by Gasteiger charge is -2.18. The van der Waals surface area contributed by atoms with E-state index in [1.807, 2.05) is 38.2 Å². The minimum Gasteiger partial charge on any atom is -0.336 e. The maximum absolute atomic E-state index is 12.4. The van der Waals surface area contributed by atoms with Gasteiger partial charge in [0.15, 0.2) is 5.69 Å². The summed E-state index contributed by atoms with van der Waals surface area (Å²) >= 11 is 0. The van der Waals surface area contributed by atoms with Crippen LogP contribution in [0.15, 0.2) is 24.3 Å². The van der Waals surface area contributed by atoms with Crippen LogP contribution >= 0.6 is 0 Å². The fraction of sp³-hybridized carbons (Fsp3) is 0.357. The highest BCUT2D eigenvalue weighted by Gasteiger charge is 2.20. The number of nitrogens with zero attached hydrogens (tertiary/aromatic N) is 4. The summed E-state index contributed by atoms with van der Waals surface area (Å²) in [4.78, 5) is 14.1. The van der Waals surface area contributed by atoms with Crippen LogP contribution in [0, 0.1) is 11.3 Å². The molecule has 19 heavy (non-hydrogen) atoms. The number of aromatic nitrogens is 2. The molecule has 0 saturated heterocycles. The van der Waals surface area contributed by atoms with Crippen LogP contribution in [0.1, 0.15) is 23.8 Å². The van der Waals surface area contributed by atoms with Crippen molar-refractivity contribution in [2.24, 2.45) is 7.05 Å². The number of benzene rings is 1. The number of rotatable bonds is 4. The monoisotopic (exact) mass is 256 g/mol. The molecule has 1 amide bonds. The van der Waals surface area contributed by atoms with Crippen molar-refractivity contribution in [1.29, 1.82) is 5.26 Å². The second-order valence-corrected chi connectivity index (χ2v) is 4.28. The number of carbonyl (C=O) groups is 1.